The number of aromatic carboxylic acids is 1. The first-order chi connectivity index (χ1) is 13.1. The number of aryl methyl sites for hydroxylation is 1. The Balaban J connectivity index is 1.55. The Kier molecular flexibility index (Phi) is 6.23. The first kappa shape index (κ1) is 18.7. The number of ether oxygens (including phenoxy) is 1. The molecule has 0 saturated heterocycles. The second-order valence-corrected chi connectivity index (χ2v) is 6.49. The fourth-order valence-corrected chi connectivity index (χ4v) is 2.74. The second kappa shape index (κ2) is 9.01. The quantitative estimate of drug-likeness (QED) is 0.617. The third-order valence-electron chi connectivity index (χ3n) is 4.33. The van der Waals surface area contributed by atoms with Gasteiger partial charge in [-0.15, -0.1) is 0 Å². The van der Waals surface area contributed by atoms with E-state index >= 15 is 0 Å². The Bertz CT molecular complexity index is 886. The first-order valence-corrected chi connectivity index (χ1v) is 8.91. The topological polar surface area (TPSA) is 58.6 Å². The van der Waals surface area contributed by atoms with Crippen molar-refractivity contribution >= 4 is 5.97 Å². The minimum absolute atomic E-state index is 0.300. The van der Waals surface area contributed by atoms with Crippen molar-refractivity contribution in [1.29, 1.82) is 0 Å². The summed E-state index contributed by atoms with van der Waals surface area (Å²) in [4.78, 5) is 10.9. The van der Waals surface area contributed by atoms with Crippen molar-refractivity contribution in [3.05, 3.63) is 101 Å². The highest BCUT2D eigenvalue weighted by molar-refractivity contribution is 5.87. The van der Waals surface area contributed by atoms with Gasteiger partial charge in [-0.05, 0) is 36.2 Å². The van der Waals surface area contributed by atoms with Gasteiger partial charge in [-0.2, -0.15) is 0 Å². The minimum atomic E-state index is -0.908. The Morgan fingerprint density at radius 2 is 1.56 bits per heavy atom. The predicted molar refractivity (Wildman–Crippen MR) is 106 cm³/mol. The number of carbonyl (C=O) groups is 1. The van der Waals surface area contributed by atoms with Crippen LogP contribution in [0.25, 0.3) is 0 Å². The van der Waals surface area contributed by atoms with Crippen molar-refractivity contribution in [2.24, 2.45) is 0 Å². The summed E-state index contributed by atoms with van der Waals surface area (Å²) in [5, 5.41) is 12.3. The maximum Gasteiger partial charge on any atom is 0.335 e. The van der Waals surface area contributed by atoms with Gasteiger partial charge in [0.25, 0.3) is 0 Å². The van der Waals surface area contributed by atoms with Crippen molar-refractivity contribution in [1.82, 2.24) is 5.32 Å². The number of nitrogens with one attached hydrogen (secondary N) is 1. The molecule has 0 bridgehead atoms. The summed E-state index contributed by atoms with van der Waals surface area (Å²) in [6, 6.07) is 23.2. The Morgan fingerprint density at radius 1 is 0.889 bits per heavy atom. The van der Waals surface area contributed by atoms with E-state index < -0.39 is 5.97 Å². The number of hydrogen-bond donors (Lipinski definition) is 2. The van der Waals surface area contributed by atoms with Crippen LogP contribution in [0.1, 0.15) is 32.6 Å². The lowest BCUT2D eigenvalue weighted by molar-refractivity contribution is 0.0697. The summed E-state index contributed by atoms with van der Waals surface area (Å²) in [6.07, 6.45) is 0. The molecule has 2 N–H and O–H groups in total. The van der Waals surface area contributed by atoms with E-state index in [9.17, 15) is 4.79 Å². The molecule has 27 heavy (non-hydrogen) atoms. The van der Waals surface area contributed by atoms with Gasteiger partial charge in [-0.3, -0.25) is 0 Å². The SMILES string of the molecule is Cc1ccc(COc2ccccc2CNCc2ccc(C(=O)O)cc2)cc1. The second-order valence-electron chi connectivity index (χ2n) is 6.49. The van der Waals surface area contributed by atoms with Crippen LogP contribution in [0, 0.1) is 6.92 Å². The third kappa shape index (κ3) is 5.43. The van der Waals surface area contributed by atoms with Gasteiger partial charge in [0.05, 0.1) is 5.56 Å². The summed E-state index contributed by atoms with van der Waals surface area (Å²) in [6.45, 7) is 3.94. The Hall–Kier alpha value is -3.11. The molecule has 0 aromatic heterocycles. The highest BCUT2D eigenvalue weighted by Gasteiger charge is 2.05. The van der Waals surface area contributed by atoms with E-state index in [-0.39, 0.29) is 0 Å². The normalized spacial score (nSPS) is 10.6. The van der Waals surface area contributed by atoms with E-state index in [1.54, 1.807) is 12.1 Å². The van der Waals surface area contributed by atoms with Crippen LogP contribution in [0.15, 0.2) is 72.8 Å². The van der Waals surface area contributed by atoms with Gasteiger partial charge in [0.15, 0.2) is 0 Å². The van der Waals surface area contributed by atoms with Crippen molar-refractivity contribution in [2.75, 3.05) is 0 Å². The average Bonchev–Trinajstić information content (AvgIpc) is 2.69. The van der Waals surface area contributed by atoms with Gasteiger partial charge >= 0.3 is 5.97 Å². The predicted octanol–water partition coefficient (Wildman–Crippen LogP) is 4.56. The molecular weight excluding hydrogens is 338 g/mol. The molecule has 0 heterocycles. The molecular formula is C23H23NO3. The number of para-hydroxylation sites is 1. The van der Waals surface area contributed by atoms with Crippen molar-refractivity contribution < 1.29 is 14.6 Å². The monoisotopic (exact) mass is 361 g/mol. The van der Waals surface area contributed by atoms with Crippen LogP contribution in [0.3, 0.4) is 0 Å². The molecule has 0 saturated carbocycles. The highest BCUT2D eigenvalue weighted by Crippen LogP contribution is 2.19. The van der Waals surface area contributed by atoms with E-state index in [0.29, 0.717) is 25.3 Å². The molecule has 0 amide bonds. The molecule has 0 unspecified atom stereocenters. The molecule has 0 radical (unpaired) electrons. The lowest BCUT2D eigenvalue weighted by Gasteiger charge is -2.12. The largest absolute Gasteiger partial charge is 0.489 e. The lowest BCUT2D eigenvalue weighted by Crippen LogP contribution is -2.13. The zero-order valence-corrected chi connectivity index (χ0v) is 15.3. The molecule has 0 atom stereocenters. The Labute approximate surface area is 159 Å². The Morgan fingerprint density at radius 3 is 2.26 bits per heavy atom. The fourth-order valence-electron chi connectivity index (χ4n) is 2.74. The maximum atomic E-state index is 10.9. The van der Waals surface area contributed by atoms with E-state index in [2.05, 4.69) is 36.5 Å². The molecule has 3 rings (SSSR count). The van der Waals surface area contributed by atoms with Gasteiger partial charge in [0.2, 0.25) is 0 Å². The molecule has 4 heteroatoms. The van der Waals surface area contributed by atoms with Crippen LogP contribution < -0.4 is 10.1 Å². The molecule has 0 aliphatic rings. The standard InChI is InChI=1S/C23H23NO3/c1-17-6-8-19(9-7-17)16-27-22-5-3-2-4-21(22)15-24-14-18-10-12-20(13-11-18)23(25)26/h2-13,24H,14-16H2,1H3,(H,25,26). The van der Waals surface area contributed by atoms with Crippen molar-refractivity contribution in [2.45, 2.75) is 26.6 Å². The summed E-state index contributed by atoms with van der Waals surface area (Å²) >= 11 is 0. The molecule has 0 spiro atoms. The zero-order valence-electron chi connectivity index (χ0n) is 15.3. The number of hydrogen-bond acceptors (Lipinski definition) is 3. The van der Waals surface area contributed by atoms with E-state index in [1.165, 1.54) is 5.56 Å². The molecule has 3 aromatic carbocycles. The lowest BCUT2D eigenvalue weighted by atomic mass is 10.1. The molecule has 3 aromatic rings. The summed E-state index contributed by atoms with van der Waals surface area (Å²) in [7, 11) is 0. The van der Waals surface area contributed by atoms with E-state index in [0.717, 1.165) is 22.4 Å². The molecule has 0 aliphatic carbocycles. The van der Waals surface area contributed by atoms with Gasteiger partial charge in [-0.1, -0.05) is 60.2 Å². The van der Waals surface area contributed by atoms with Crippen LogP contribution in [0.4, 0.5) is 0 Å². The number of rotatable bonds is 8. The number of benzene rings is 3. The van der Waals surface area contributed by atoms with Crippen LogP contribution in [0.2, 0.25) is 0 Å². The van der Waals surface area contributed by atoms with Gasteiger partial charge in [-0.25, -0.2) is 4.79 Å². The maximum absolute atomic E-state index is 10.9. The van der Waals surface area contributed by atoms with E-state index in [1.807, 2.05) is 36.4 Å². The van der Waals surface area contributed by atoms with Gasteiger partial charge < -0.3 is 15.2 Å². The van der Waals surface area contributed by atoms with Crippen LogP contribution in [-0.4, -0.2) is 11.1 Å². The summed E-state index contributed by atoms with van der Waals surface area (Å²) < 4.78 is 6.00. The van der Waals surface area contributed by atoms with Crippen molar-refractivity contribution in [3.8, 4) is 5.75 Å². The van der Waals surface area contributed by atoms with Crippen molar-refractivity contribution in [3.63, 3.8) is 0 Å². The fraction of sp³-hybridized carbons (Fsp3) is 0.174. The first-order valence-electron chi connectivity index (χ1n) is 8.91. The summed E-state index contributed by atoms with van der Waals surface area (Å²) in [5.41, 5.74) is 4.81. The summed E-state index contributed by atoms with van der Waals surface area (Å²) in [5.74, 6) is -0.0408. The zero-order chi connectivity index (χ0) is 19.1. The van der Waals surface area contributed by atoms with E-state index in [4.69, 9.17) is 9.84 Å². The molecule has 4 nitrogen and oxygen atoms in total. The van der Waals surface area contributed by atoms with Crippen LogP contribution >= 0.6 is 0 Å². The molecule has 138 valence electrons. The highest BCUT2D eigenvalue weighted by atomic mass is 16.5. The van der Waals surface area contributed by atoms with Gasteiger partial charge in [0, 0.05) is 18.7 Å². The smallest absolute Gasteiger partial charge is 0.335 e. The number of carboxylic acid groups (broad SMARTS) is 1. The minimum Gasteiger partial charge on any atom is -0.489 e. The van der Waals surface area contributed by atoms with Crippen LogP contribution in [0.5, 0.6) is 5.75 Å². The van der Waals surface area contributed by atoms with Gasteiger partial charge in [0.1, 0.15) is 12.4 Å². The molecule has 0 fully saturated rings. The van der Waals surface area contributed by atoms with Crippen LogP contribution in [-0.2, 0) is 19.7 Å². The third-order valence-corrected chi connectivity index (χ3v) is 4.33. The molecule has 0 aliphatic heterocycles. The number of carboxylic acids is 1. The average molecular weight is 361 g/mol.